The predicted octanol–water partition coefficient (Wildman–Crippen LogP) is 3.67. The summed E-state index contributed by atoms with van der Waals surface area (Å²) in [5, 5.41) is 3.46. The van der Waals surface area contributed by atoms with Crippen molar-refractivity contribution in [2.45, 2.75) is 39.3 Å². The quantitative estimate of drug-likeness (QED) is 0.544. The van der Waals surface area contributed by atoms with Gasteiger partial charge in [0.25, 0.3) is 0 Å². The molecule has 0 fully saturated rings. The molecule has 0 aliphatic heterocycles. The third-order valence-electron chi connectivity index (χ3n) is 2.76. The smallest absolute Gasteiger partial charge is 0.119 e. The SMILES string of the molecule is C=COCCCNC(C)c1ccc(OC(C)C)cc1. The van der Waals surface area contributed by atoms with Crippen LogP contribution >= 0.6 is 0 Å². The van der Waals surface area contributed by atoms with Crippen molar-refractivity contribution < 1.29 is 9.47 Å². The Bertz CT molecular complexity index is 360. The molecule has 3 heteroatoms. The summed E-state index contributed by atoms with van der Waals surface area (Å²) in [4.78, 5) is 0. The van der Waals surface area contributed by atoms with Crippen molar-refractivity contribution >= 4 is 0 Å². The van der Waals surface area contributed by atoms with Gasteiger partial charge in [0.15, 0.2) is 0 Å². The van der Waals surface area contributed by atoms with Gasteiger partial charge in [-0.05, 0) is 51.4 Å². The number of hydrogen-bond donors (Lipinski definition) is 1. The minimum atomic E-state index is 0.214. The molecular formula is C16H25NO2. The van der Waals surface area contributed by atoms with Gasteiger partial charge >= 0.3 is 0 Å². The highest BCUT2D eigenvalue weighted by atomic mass is 16.5. The zero-order valence-corrected chi connectivity index (χ0v) is 12.2. The molecule has 0 bridgehead atoms. The third kappa shape index (κ3) is 6.30. The molecule has 0 saturated heterocycles. The lowest BCUT2D eigenvalue weighted by atomic mass is 10.1. The summed E-state index contributed by atoms with van der Waals surface area (Å²) in [6.45, 7) is 11.4. The summed E-state index contributed by atoms with van der Waals surface area (Å²) in [6.07, 6.45) is 2.67. The molecule has 1 rings (SSSR count). The molecule has 0 aliphatic carbocycles. The maximum atomic E-state index is 5.63. The Labute approximate surface area is 116 Å². The Hall–Kier alpha value is -1.48. The van der Waals surface area contributed by atoms with Gasteiger partial charge < -0.3 is 14.8 Å². The van der Waals surface area contributed by atoms with E-state index in [-0.39, 0.29) is 6.10 Å². The van der Waals surface area contributed by atoms with Crippen molar-refractivity contribution in [3.05, 3.63) is 42.7 Å². The molecule has 3 nitrogen and oxygen atoms in total. The molecule has 1 unspecified atom stereocenters. The summed E-state index contributed by atoms with van der Waals surface area (Å²) in [7, 11) is 0. The number of benzene rings is 1. The van der Waals surface area contributed by atoms with Gasteiger partial charge in [-0.15, -0.1) is 0 Å². The molecule has 106 valence electrons. The average molecular weight is 263 g/mol. The molecule has 0 aromatic heterocycles. The van der Waals surface area contributed by atoms with Crippen LogP contribution in [0, 0.1) is 0 Å². The van der Waals surface area contributed by atoms with Crippen molar-refractivity contribution in [3.63, 3.8) is 0 Å². The number of hydrogen-bond acceptors (Lipinski definition) is 3. The molecule has 1 N–H and O–H groups in total. The first-order chi connectivity index (χ1) is 9.13. The molecule has 0 aliphatic rings. The highest BCUT2D eigenvalue weighted by Crippen LogP contribution is 2.18. The molecule has 0 heterocycles. The highest BCUT2D eigenvalue weighted by molar-refractivity contribution is 5.29. The van der Waals surface area contributed by atoms with Crippen LogP contribution in [0.4, 0.5) is 0 Å². The Kier molecular flexibility index (Phi) is 7.04. The summed E-state index contributed by atoms with van der Waals surface area (Å²) in [5.74, 6) is 0.922. The summed E-state index contributed by atoms with van der Waals surface area (Å²) in [6, 6.07) is 8.59. The van der Waals surface area contributed by atoms with E-state index in [0.717, 1.165) is 18.7 Å². The largest absolute Gasteiger partial charge is 0.502 e. The van der Waals surface area contributed by atoms with Gasteiger partial charge in [-0.25, -0.2) is 0 Å². The molecule has 1 atom stereocenters. The van der Waals surface area contributed by atoms with Crippen LogP contribution in [0.3, 0.4) is 0 Å². The molecule has 0 amide bonds. The van der Waals surface area contributed by atoms with E-state index in [1.54, 1.807) is 0 Å². The Morgan fingerprint density at radius 1 is 1.21 bits per heavy atom. The van der Waals surface area contributed by atoms with Crippen LogP contribution in [0.5, 0.6) is 5.75 Å². The molecule has 0 saturated carbocycles. The van der Waals surface area contributed by atoms with E-state index >= 15 is 0 Å². The van der Waals surface area contributed by atoms with E-state index in [2.05, 4.69) is 31.0 Å². The topological polar surface area (TPSA) is 30.5 Å². The summed E-state index contributed by atoms with van der Waals surface area (Å²) < 4.78 is 10.7. The zero-order chi connectivity index (χ0) is 14.1. The van der Waals surface area contributed by atoms with Crippen LogP contribution in [0.1, 0.15) is 38.8 Å². The lowest BCUT2D eigenvalue weighted by Crippen LogP contribution is -2.20. The second kappa shape index (κ2) is 8.59. The predicted molar refractivity (Wildman–Crippen MR) is 79.4 cm³/mol. The van der Waals surface area contributed by atoms with Crippen molar-refractivity contribution in [2.75, 3.05) is 13.2 Å². The van der Waals surface area contributed by atoms with Gasteiger partial charge in [-0.3, -0.25) is 0 Å². The van der Waals surface area contributed by atoms with E-state index in [9.17, 15) is 0 Å². The Morgan fingerprint density at radius 3 is 2.47 bits per heavy atom. The van der Waals surface area contributed by atoms with Gasteiger partial charge in [0.1, 0.15) is 5.75 Å². The summed E-state index contributed by atoms with van der Waals surface area (Å²) in [5.41, 5.74) is 1.26. The van der Waals surface area contributed by atoms with Crippen LogP contribution in [0.2, 0.25) is 0 Å². The van der Waals surface area contributed by atoms with Gasteiger partial charge in [0, 0.05) is 6.04 Å². The second-order valence-electron chi connectivity index (χ2n) is 4.80. The van der Waals surface area contributed by atoms with E-state index in [1.165, 1.54) is 11.8 Å². The zero-order valence-electron chi connectivity index (χ0n) is 12.2. The van der Waals surface area contributed by atoms with Crippen LogP contribution in [0.25, 0.3) is 0 Å². The lowest BCUT2D eigenvalue weighted by molar-refractivity contribution is 0.242. The van der Waals surface area contributed by atoms with E-state index in [0.29, 0.717) is 12.6 Å². The fourth-order valence-corrected chi connectivity index (χ4v) is 1.78. The molecule has 1 aromatic carbocycles. The maximum absolute atomic E-state index is 5.63. The third-order valence-corrected chi connectivity index (χ3v) is 2.76. The molecular weight excluding hydrogens is 238 g/mol. The van der Waals surface area contributed by atoms with Crippen molar-refractivity contribution in [2.24, 2.45) is 0 Å². The number of ether oxygens (including phenoxy) is 2. The van der Waals surface area contributed by atoms with Gasteiger partial charge in [0.05, 0.1) is 19.0 Å². The lowest BCUT2D eigenvalue weighted by Gasteiger charge is -2.15. The number of rotatable bonds is 9. The monoisotopic (exact) mass is 263 g/mol. The van der Waals surface area contributed by atoms with E-state index in [4.69, 9.17) is 9.47 Å². The molecule has 19 heavy (non-hydrogen) atoms. The first-order valence-corrected chi connectivity index (χ1v) is 6.86. The van der Waals surface area contributed by atoms with Gasteiger partial charge in [-0.2, -0.15) is 0 Å². The molecule has 1 aromatic rings. The summed E-state index contributed by atoms with van der Waals surface area (Å²) >= 11 is 0. The minimum absolute atomic E-state index is 0.214. The van der Waals surface area contributed by atoms with Gasteiger partial charge in [-0.1, -0.05) is 18.7 Å². The first kappa shape index (κ1) is 15.6. The average Bonchev–Trinajstić information content (AvgIpc) is 2.38. The van der Waals surface area contributed by atoms with Gasteiger partial charge in [0.2, 0.25) is 0 Å². The Morgan fingerprint density at radius 2 is 1.89 bits per heavy atom. The standard InChI is InChI=1S/C16H25NO2/c1-5-18-12-6-11-17-14(4)15-7-9-16(10-8-15)19-13(2)3/h5,7-10,13-14,17H,1,6,11-12H2,2-4H3. The van der Waals surface area contributed by atoms with Crippen molar-refractivity contribution in [1.29, 1.82) is 0 Å². The van der Waals surface area contributed by atoms with Crippen molar-refractivity contribution in [3.8, 4) is 5.75 Å². The second-order valence-corrected chi connectivity index (χ2v) is 4.80. The molecule has 0 spiro atoms. The highest BCUT2D eigenvalue weighted by Gasteiger charge is 2.05. The van der Waals surface area contributed by atoms with Crippen LogP contribution in [0.15, 0.2) is 37.1 Å². The minimum Gasteiger partial charge on any atom is -0.502 e. The first-order valence-electron chi connectivity index (χ1n) is 6.86. The molecule has 0 radical (unpaired) electrons. The van der Waals surface area contributed by atoms with Crippen LogP contribution < -0.4 is 10.1 Å². The normalized spacial score (nSPS) is 12.2. The number of nitrogens with one attached hydrogen (secondary N) is 1. The van der Waals surface area contributed by atoms with Crippen LogP contribution in [-0.2, 0) is 4.74 Å². The Balaban J connectivity index is 2.35. The fraction of sp³-hybridized carbons (Fsp3) is 0.500. The maximum Gasteiger partial charge on any atom is 0.119 e. The fourth-order valence-electron chi connectivity index (χ4n) is 1.78. The van der Waals surface area contributed by atoms with E-state index in [1.807, 2.05) is 26.0 Å². The van der Waals surface area contributed by atoms with E-state index < -0.39 is 0 Å². The van der Waals surface area contributed by atoms with Crippen molar-refractivity contribution in [1.82, 2.24) is 5.32 Å². The van der Waals surface area contributed by atoms with Crippen LogP contribution in [-0.4, -0.2) is 19.3 Å².